The van der Waals surface area contributed by atoms with Gasteiger partial charge in [-0.05, 0) is 24.0 Å². The number of rotatable bonds is 5. The van der Waals surface area contributed by atoms with Gasteiger partial charge in [0.2, 0.25) is 0 Å². The first-order valence-electron chi connectivity index (χ1n) is 10.4. The normalized spacial score (nSPS) is 18.2. The van der Waals surface area contributed by atoms with Crippen LogP contribution in [0.1, 0.15) is 48.3 Å². The smallest absolute Gasteiger partial charge is 0.275 e. The van der Waals surface area contributed by atoms with Crippen molar-refractivity contribution in [2.45, 2.75) is 45.3 Å². The lowest BCUT2D eigenvalue weighted by atomic mass is 10.0. The van der Waals surface area contributed by atoms with Crippen molar-refractivity contribution in [1.82, 2.24) is 9.97 Å². The summed E-state index contributed by atoms with van der Waals surface area (Å²) < 4.78 is 11.5. The highest BCUT2D eigenvalue weighted by Crippen LogP contribution is 2.32. The van der Waals surface area contributed by atoms with Crippen LogP contribution in [-0.4, -0.2) is 48.0 Å². The number of anilines is 2. The van der Waals surface area contributed by atoms with Crippen molar-refractivity contribution in [3.8, 4) is 0 Å². The summed E-state index contributed by atoms with van der Waals surface area (Å²) in [5.74, 6) is 0.135. The van der Waals surface area contributed by atoms with E-state index in [1.807, 2.05) is 18.2 Å². The van der Waals surface area contributed by atoms with E-state index in [4.69, 9.17) is 9.47 Å². The molecule has 0 unspecified atom stereocenters. The first-order valence-corrected chi connectivity index (χ1v) is 10.4. The topological polar surface area (TPSA) is 76.6 Å². The number of nitrogens with one attached hydrogen (secondary N) is 1. The second-order valence-electron chi connectivity index (χ2n) is 7.47. The van der Waals surface area contributed by atoms with E-state index in [0.717, 1.165) is 61.4 Å². The maximum atomic E-state index is 12.7. The molecule has 0 saturated carbocycles. The SMILES string of the molecule is CCc1cccc(CC)c1NC(=O)c1cnc(N2CCC3(CC2)OCCO3)cn1. The van der Waals surface area contributed by atoms with E-state index >= 15 is 0 Å². The Kier molecular flexibility index (Phi) is 5.78. The number of aromatic nitrogens is 2. The predicted octanol–water partition coefficient (Wildman–Crippen LogP) is 3.20. The van der Waals surface area contributed by atoms with Gasteiger partial charge in [0.1, 0.15) is 11.5 Å². The number of amides is 1. The largest absolute Gasteiger partial charge is 0.355 e. The molecule has 1 amide bonds. The highest BCUT2D eigenvalue weighted by Gasteiger charge is 2.40. The third-order valence-electron chi connectivity index (χ3n) is 5.77. The number of para-hydroxylation sites is 1. The van der Waals surface area contributed by atoms with Gasteiger partial charge >= 0.3 is 0 Å². The molecule has 154 valence electrons. The summed E-state index contributed by atoms with van der Waals surface area (Å²) in [4.78, 5) is 23.8. The van der Waals surface area contributed by atoms with E-state index in [-0.39, 0.29) is 5.91 Å². The molecule has 2 aliphatic rings. The molecular formula is C22H28N4O3. The van der Waals surface area contributed by atoms with Crippen LogP contribution in [0.25, 0.3) is 0 Å². The molecule has 0 aliphatic carbocycles. The molecule has 1 aromatic carbocycles. The Labute approximate surface area is 171 Å². The minimum atomic E-state index is -0.409. The third-order valence-corrected chi connectivity index (χ3v) is 5.77. The van der Waals surface area contributed by atoms with Crippen molar-refractivity contribution in [3.63, 3.8) is 0 Å². The summed E-state index contributed by atoms with van der Waals surface area (Å²) in [5, 5.41) is 3.04. The number of hydrogen-bond acceptors (Lipinski definition) is 6. The Morgan fingerprint density at radius 3 is 2.28 bits per heavy atom. The van der Waals surface area contributed by atoms with Gasteiger partial charge in [0.15, 0.2) is 5.79 Å². The van der Waals surface area contributed by atoms with Gasteiger partial charge < -0.3 is 19.7 Å². The summed E-state index contributed by atoms with van der Waals surface area (Å²) in [5.41, 5.74) is 3.46. The van der Waals surface area contributed by atoms with E-state index in [2.05, 4.69) is 34.0 Å². The number of nitrogens with zero attached hydrogens (tertiary/aromatic N) is 3. The zero-order chi connectivity index (χ0) is 20.3. The van der Waals surface area contributed by atoms with E-state index in [1.165, 1.54) is 0 Å². The second kappa shape index (κ2) is 8.47. The van der Waals surface area contributed by atoms with Crippen LogP contribution in [0, 0.1) is 0 Å². The minimum Gasteiger partial charge on any atom is -0.355 e. The molecule has 0 radical (unpaired) electrons. The van der Waals surface area contributed by atoms with Crippen molar-refractivity contribution in [2.75, 3.05) is 36.5 Å². The monoisotopic (exact) mass is 396 g/mol. The fourth-order valence-electron chi connectivity index (χ4n) is 4.04. The number of ether oxygens (including phenoxy) is 2. The molecule has 4 rings (SSSR count). The van der Waals surface area contributed by atoms with Crippen LogP contribution in [0.3, 0.4) is 0 Å². The number of carbonyl (C=O) groups excluding carboxylic acids is 1. The van der Waals surface area contributed by atoms with Crippen LogP contribution < -0.4 is 10.2 Å². The van der Waals surface area contributed by atoms with Gasteiger partial charge in [-0.1, -0.05) is 32.0 Å². The Bertz CT molecular complexity index is 831. The zero-order valence-electron chi connectivity index (χ0n) is 17.1. The second-order valence-corrected chi connectivity index (χ2v) is 7.47. The number of piperidine rings is 1. The fourth-order valence-corrected chi connectivity index (χ4v) is 4.04. The molecule has 3 heterocycles. The Morgan fingerprint density at radius 2 is 1.72 bits per heavy atom. The lowest BCUT2D eigenvalue weighted by Crippen LogP contribution is -2.45. The molecule has 1 spiro atoms. The summed E-state index contributed by atoms with van der Waals surface area (Å²) in [6.45, 7) is 7.11. The van der Waals surface area contributed by atoms with E-state index in [0.29, 0.717) is 18.9 Å². The molecule has 29 heavy (non-hydrogen) atoms. The number of hydrogen-bond donors (Lipinski definition) is 1. The molecule has 7 heteroatoms. The van der Waals surface area contributed by atoms with E-state index in [1.54, 1.807) is 12.4 Å². The molecule has 1 aromatic heterocycles. The molecule has 7 nitrogen and oxygen atoms in total. The highest BCUT2D eigenvalue weighted by atomic mass is 16.7. The van der Waals surface area contributed by atoms with Crippen LogP contribution in [0.2, 0.25) is 0 Å². The van der Waals surface area contributed by atoms with Crippen LogP contribution in [-0.2, 0) is 22.3 Å². The first kappa shape index (κ1) is 19.8. The third kappa shape index (κ3) is 4.11. The maximum Gasteiger partial charge on any atom is 0.275 e. The van der Waals surface area contributed by atoms with Gasteiger partial charge in [0, 0.05) is 31.6 Å². The van der Waals surface area contributed by atoms with Crippen molar-refractivity contribution in [1.29, 1.82) is 0 Å². The maximum absolute atomic E-state index is 12.7. The Morgan fingerprint density at radius 1 is 1.07 bits per heavy atom. The van der Waals surface area contributed by atoms with Crippen LogP contribution in [0.5, 0.6) is 0 Å². The van der Waals surface area contributed by atoms with Gasteiger partial charge in [-0.15, -0.1) is 0 Å². The lowest BCUT2D eigenvalue weighted by molar-refractivity contribution is -0.169. The van der Waals surface area contributed by atoms with Gasteiger partial charge in [-0.25, -0.2) is 9.97 Å². The van der Waals surface area contributed by atoms with Gasteiger partial charge in [-0.2, -0.15) is 0 Å². The van der Waals surface area contributed by atoms with Crippen molar-refractivity contribution in [3.05, 3.63) is 47.4 Å². The summed E-state index contributed by atoms with van der Waals surface area (Å²) in [6, 6.07) is 6.13. The molecule has 2 aliphatic heterocycles. The Hall–Kier alpha value is -2.51. The molecule has 2 aromatic rings. The van der Waals surface area contributed by atoms with Crippen molar-refractivity contribution >= 4 is 17.4 Å². The summed E-state index contributed by atoms with van der Waals surface area (Å²) >= 11 is 0. The van der Waals surface area contributed by atoms with Crippen LogP contribution in [0.15, 0.2) is 30.6 Å². The molecule has 2 saturated heterocycles. The molecule has 1 N–H and O–H groups in total. The Balaban J connectivity index is 1.43. The average molecular weight is 396 g/mol. The van der Waals surface area contributed by atoms with Crippen molar-refractivity contribution < 1.29 is 14.3 Å². The van der Waals surface area contributed by atoms with Gasteiger partial charge in [0.25, 0.3) is 5.91 Å². The quantitative estimate of drug-likeness (QED) is 0.836. The summed E-state index contributed by atoms with van der Waals surface area (Å²) in [6.07, 6.45) is 6.57. The number of aryl methyl sites for hydroxylation is 2. The average Bonchev–Trinajstić information content (AvgIpc) is 3.22. The predicted molar refractivity (Wildman–Crippen MR) is 111 cm³/mol. The standard InChI is InChI=1S/C22H28N4O3/c1-3-16-6-5-7-17(4-2)20(16)25-21(27)18-14-24-19(15-23-18)26-10-8-22(9-11-26)28-12-13-29-22/h5-7,14-15H,3-4,8-13H2,1-2H3,(H,25,27). The van der Waals surface area contributed by atoms with Crippen molar-refractivity contribution in [2.24, 2.45) is 0 Å². The number of carbonyl (C=O) groups is 1. The molecule has 0 atom stereocenters. The van der Waals surface area contributed by atoms with Crippen LogP contribution in [0.4, 0.5) is 11.5 Å². The first-order chi connectivity index (χ1) is 14.1. The highest BCUT2D eigenvalue weighted by molar-refractivity contribution is 6.03. The fraction of sp³-hybridized carbons (Fsp3) is 0.500. The van der Waals surface area contributed by atoms with E-state index < -0.39 is 5.79 Å². The minimum absolute atomic E-state index is 0.231. The molecule has 0 bridgehead atoms. The van der Waals surface area contributed by atoms with Gasteiger partial charge in [-0.3, -0.25) is 4.79 Å². The van der Waals surface area contributed by atoms with E-state index in [9.17, 15) is 4.79 Å². The molecule has 2 fully saturated rings. The summed E-state index contributed by atoms with van der Waals surface area (Å²) in [7, 11) is 0. The van der Waals surface area contributed by atoms with Gasteiger partial charge in [0.05, 0.1) is 25.6 Å². The lowest BCUT2D eigenvalue weighted by Gasteiger charge is -2.37. The van der Waals surface area contributed by atoms with Crippen LogP contribution >= 0.6 is 0 Å². The molecular weight excluding hydrogens is 368 g/mol. The zero-order valence-corrected chi connectivity index (χ0v) is 17.1. The number of benzene rings is 1.